The molecule has 0 spiro atoms. The molecule has 1 aliphatic carbocycles. The Balaban J connectivity index is 1.90. The van der Waals surface area contributed by atoms with Crippen molar-refractivity contribution >= 4 is 23.3 Å². The van der Waals surface area contributed by atoms with Gasteiger partial charge in [0.25, 0.3) is 5.91 Å². The highest BCUT2D eigenvalue weighted by atomic mass is 35.5. The molecule has 0 bridgehead atoms. The summed E-state index contributed by atoms with van der Waals surface area (Å²) < 4.78 is 32.9. The third-order valence-electron chi connectivity index (χ3n) is 6.78. The second kappa shape index (κ2) is 11.5. The fraction of sp³-hybridized carbons (Fsp3) is 0.640. The van der Waals surface area contributed by atoms with Gasteiger partial charge in [-0.1, -0.05) is 38.3 Å². The van der Waals surface area contributed by atoms with E-state index in [0.29, 0.717) is 30.5 Å². The van der Waals surface area contributed by atoms with Crippen LogP contribution in [0.5, 0.6) is 5.75 Å². The molecule has 0 radical (unpaired) electrons. The lowest BCUT2D eigenvalue weighted by atomic mass is 9.83. The summed E-state index contributed by atoms with van der Waals surface area (Å²) in [4.78, 5) is 17.3. The standard InChI is InChI=1S/C25H36ClF2N5O2/c1-6-25(4,5)31-19-12-18(35-24(27)28)17(14-29-19)22-20(26)21(32-33(22)7-2)23(34)30-13-16-10-8-15(3)9-11-16/h12,14-16,24H,6-11,13H2,1-5H3,(H,29,31)(H,30,34). The number of carbonyl (C=O) groups is 1. The normalized spacial score (nSPS) is 18.5. The van der Waals surface area contributed by atoms with Crippen LogP contribution in [0.15, 0.2) is 12.3 Å². The Bertz CT molecular complexity index is 1020. The van der Waals surface area contributed by atoms with E-state index in [4.69, 9.17) is 16.3 Å². The molecule has 2 aromatic rings. The molecule has 2 aromatic heterocycles. The molecule has 1 aliphatic rings. The van der Waals surface area contributed by atoms with Crippen molar-refractivity contribution in [1.29, 1.82) is 0 Å². The monoisotopic (exact) mass is 511 g/mol. The number of amides is 1. The molecule has 1 fully saturated rings. The Kier molecular flexibility index (Phi) is 8.96. The highest BCUT2D eigenvalue weighted by molar-refractivity contribution is 6.36. The van der Waals surface area contributed by atoms with Crippen LogP contribution in [0.1, 0.15) is 77.2 Å². The summed E-state index contributed by atoms with van der Waals surface area (Å²) in [5.74, 6) is 1.09. The first kappa shape index (κ1) is 27.2. The van der Waals surface area contributed by atoms with Gasteiger partial charge in [-0.25, -0.2) is 4.98 Å². The van der Waals surface area contributed by atoms with E-state index < -0.39 is 6.61 Å². The summed E-state index contributed by atoms with van der Waals surface area (Å²) in [6, 6.07) is 1.42. The minimum atomic E-state index is -3.04. The zero-order chi connectivity index (χ0) is 25.8. The van der Waals surface area contributed by atoms with Gasteiger partial charge in [0.2, 0.25) is 0 Å². The Morgan fingerprint density at radius 1 is 1.29 bits per heavy atom. The van der Waals surface area contributed by atoms with E-state index in [1.807, 2.05) is 27.7 Å². The van der Waals surface area contributed by atoms with E-state index in [9.17, 15) is 13.6 Å². The molecule has 3 rings (SSSR count). The van der Waals surface area contributed by atoms with Crippen LogP contribution >= 0.6 is 11.6 Å². The fourth-order valence-electron chi connectivity index (χ4n) is 4.24. The SMILES string of the molecule is CCn1nc(C(=O)NCC2CCC(C)CC2)c(Cl)c1-c1cnc(NC(C)(C)CC)cc1OC(F)F. The molecule has 10 heteroatoms. The first-order chi connectivity index (χ1) is 16.5. The van der Waals surface area contributed by atoms with Crippen molar-refractivity contribution in [2.75, 3.05) is 11.9 Å². The Morgan fingerprint density at radius 2 is 1.97 bits per heavy atom. The maximum absolute atomic E-state index is 13.3. The summed E-state index contributed by atoms with van der Waals surface area (Å²) in [7, 11) is 0. The van der Waals surface area contributed by atoms with Gasteiger partial charge in [-0.3, -0.25) is 9.48 Å². The average molecular weight is 512 g/mol. The lowest BCUT2D eigenvalue weighted by molar-refractivity contribution is -0.0494. The van der Waals surface area contributed by atoms with Gasteiger partial charge in [0.05, 0.1) is 16.3 Å². The lowest BCUT2D eigenvalue weighted by Crippen LogP contribution is -2.31. The summed E-state index contributed by atoms with van der Waals surface area (Å²) >= 11 is 6.62. The zero-order valence-electron chi connectivity index (χ0n) is 21.1. The van der Waals surface area contributed by atoms with Gasteiger partial charge in [-0.15, -0.1) is 0 Å². The first-order valence-corrected chi connectivity index (χ1v) is 12.7. The first-order valence-electron chi connectivity index (χ1n) is 12.3. The van der Waals surface area contributed by atoms with Crippen LogP contribution in [0.2, 0.25) is 5.02 Å². The lowest BCUT2D eigenvalue weighted by Gasteiger charge is -2.26. The number of halogens is 3. The van der Waals surface area contributed by atoms with E-state index in [1.54, 1.807) is 0 Å². The molecule has 1 amide bonds. The van der Waals surface area contributed by atoms with Crippen molar-refractivity contribution in [3.05, 3.63) is 23.0 Å². The molecule has 194 valence electrons. The van der Waals surface area contributed by atoms with Crippen LogP contribution in [0.3, 0.4) is 0 Å². The number of anilines is 1. The molecule has 2 heterocycles. The van der Waals surface area contributed by atoms with E-state index >= 15 is 0 Å². The van der Waals surface area contributed by atoms with E-state index in [0.717, 1.165) is 38.0 Å². The Hall–Kier alpha value is -2.42. The Labute approximate surface area is 211 Å². The molecule has 35 heavy (non-hydrogen) atoms. The van der Waals surface area contributed by atoms with Crippen LogP contribution in [0.4, 0.5) is 14.6 Å². The van der Waals surface area contributed by atoms with Crippen LogP contribution in [-0.2, 0) is 6.54 Å². The topological polar surface area (TPSA) is 81.1 Å². The minimum Gasteiger partial charge on any atom is -0.434 e. The van der Waals surface area contributed by atoms with Gasteiger partial charge in [0, 0.05) is 30.9 Å². The van der Waals surface area contributed by atoms with Crippen LogP contribution < -0.4 is 15.4 Å². The van der Waals surface area contributed by atoms with Crippen molar-refractivity contribution in [2.24, 2.45) is 11.8 Å². The maximum atomic E-state index is 13.3. The number of nitrogens with one attached hydrogen (secondary N) is 2. The highest BCUT2D eigenvalue weighted by Crippen LogP contribution is 2.38. The highest BCUT2D eigenvalue weighted by Gasteiger charge is 2.27. The second-order valence-electron chi connectivity index (χ2n) is 9.97. The molecular weight excluding hydrogens is 476 g/mol. The van der Waals surface area contributed by atoms with Crippen LogP contribution in [0, 0.1) is 11.8 Å². The number of rotatable bonds is 10. The molecule has 0 unspecified atom stereocenters. The molecule has 7 nitrogen and oxygen atoms in total. The van der Waals surface area contributed by atoms with Crippen molar-refractivity contribution in [3.8, 4) is 17.0 Å². The third-order valence-corrected chi connectivity index (χ3v) is 7.14. The number of ether oxygens (including phenoxy) is 1. The number of hydrogen-bond donors (Lipinski definition) is 2. The van der Waals surface area contributed by atoms with Gasteiger partial charge in [-0.2, -0.15) is 13.9 Å². The number of carbonyl (C=O) groups excluding carboxylic acids is 1. The average Bonchev–Trinajstić information content (AvgIpc) is 3.14. The minimum absolute atomic E-state index is 0.0602. The van der Waals surface area contributed by atoms with E-state index in [2.05, 4.69) is 27.6 Å². The summed E-state index contributed by atoms with van der Waals surface area (Å²) in [5.41, 5.74) is 0.325. The summed E-state index contributed by atoms with van der Waals surface area (Å²) in [6.45, 7) is 7.96. The third kappa shape index (κ3) is 6.84. The van der Waals surface area contributed by atoms with Gasteiger partial charge in [0.1, 0.15) is 11.6 Å². The van der Waals surface area contributed by atoms with Gasteiger partial charge >= 0.3 is 6.61 Å². The number of hydrogen-bond acceptors (Lipinski definition) is 5. The zero-order valence-corrected chi connectivity index (χ0v) is 21.9. The number of aromatic nitrogens is 3. The maximum Gasteiger partial charge on any atom is 0.387 e. The van der Waals surface area contributed by atoms with E-state index in [-0.39, 0.29) is 33.5 Å². The molecule has 0 aliphatic heterocycles. The molecular formula is C25H36ClF2N5O2. The van der Waals surface area contributed by atoms with Crippen molar-refractivity contribution < 1.29 is 18.3 Å². The number of pyridine rings is 1. The van der Waals surface area contributed by atoms with Crippen molar-refractivity contribution in [1.82, 2.24) is 20.1 Å². The van der Waals surface area contributed by atoms with Crippen LogP contribution in [-0.4, -0.2) is 39.4 Å². The smallest absolute Gasteiger partial charge is 0.387 e. The number of alkyl halides is 2. The quantitative estimate of drug-likeness (QED) is 0.387. The largest absolute Gasteiger partial charge is 0.434 e. The van der Waals surface area contributed by atoms with Gasteiger partial charge in [-0.05, 0) is 51.9 Å². The number of aryl methyl sites for hydroxylation is 1. The molecule has 0 saturated heterocycles. The van der Waals surface area contributed by atoms with Crippen molar-refractivity contribution in [3.63, 3.8) is 0 Å². The Morgan fingerprint density at radius 3 is 2.57 bits per heavy atom. The predicted molar refractivity (Wildman–Crippen MR) is 134 cm³/mol. The second-order valence-corrected chi connectivity index (χ2v) is 10.3. The molecule has 1 saturated carbocycles. The van der Waals surface area contributed by atoms with Gasteiger partial charge in [0.15, 0.2) is 5.69 Å². The van der Waals surface area contributed by atoms with Crippen LogP contribution in [0.25, 0.3) is 11.3 Å². The predicted octanol–water partition coefficient (Wildman–Crippen LogP) is 6.38. The van der Waals surface area contributed by atoms with E-state index in [1.165, 1.54) is 16.9 Å². The molecule has 0 aromatic carbocycles. The van der Waals surface area contributed by atoms with Gasteiger partial charge < -0.3 is 15.4 Å². The summed E-state index contributed by atoms with van der Waals surface area (Å²) in [5, 5.41) is 10.6. The summed E-state index contributed by atoms with van der Waals surface area (Å²) in [6.07, 6.45) is 6.71. The van der Waals surface area contributed by atoms with Crippen molar-refractivity contribution in [2.45, 2.75) is 85.4 Å². The number of nitrogens with zero attached hydrogens (tertiary/aromatic N) is 3. The molecule has 0 atom stereocenters. The fourth-order valence-corrected chi connectivity index (χ4v) is 4.56. The molecule has 2 N–H and O–H groups in total.